The van der Waals surface area contributed by atoms with Crippen LogP contribution in [0.4, 0.5) is 0 Å². The number of rotatable bonds is 18. The molecule has 10 N–H and O–H groups in total. The normalized spacial score (nSPS) is 13.8. The molecule has 0 fully saturated rings. The number of nitrogens with two attached hydrogens (primary N) is 2. The van der Waals surface area contributed by atoms with Gasteiger partial charge in [0, 0.05) is 19.3 Å². The molecule has 0 bridgehead atoms. The number of nitrogens with one attached hydrogen (secondary N) is 3. The number of aromatic hydroxyl groups is 1. The number of amides is 4. The minimum atomic E-state index is -1.52. The van der Waals surface area contributed by atoms with Crippen LogP contribution in [-0.2, 0) is 35.2 Å². The molecule has 0 spiro atoms. The predicted octanol–water partition coefficient (Wildman–Crippen LogP) is -1.32. The van der Waals surface area contributed by atoms with Crippen LogP contribution in [0.15, 0.2) is 24.3 Å². The molecule has 0 aromatic heterocycles. The quantitative estimate of drug-likeness (QED) is 0.103. The maximum absolute atomic E-state index is 13.2. The number of primary amides is 1. The Kier molecular flexibility index (Phi) is 14.4. The fraction of sp³-hybridized carbons (Fsp3) is 0.500. The summed E-state index contributed by atoms with van der Waals surface area (Å²) in [7, 11) is 0. The Morgan fingerprint density at radius 1 is 0.821 bits per heavy atom. The highest BCUT2D eigenvalue weighted by atomic mass is 32.2. The van der Waals surface area contributed by atoms with E-state index in [1.54, 1.807) is 6.26 Å². The number of phenols is 1. The highest BCUT2D eigenvalue weighted by Gasteiger charge is 2.30. The Labute approximate surface area is 229 Å². The van der Waals surface area contributed by atoms with Gasteiger partial charge in [0.1, 0.15) is 23.9 Å². The Morgan fingerprint density at radius 3 is 1.92 bits per heavy atom. The number of hydrogen-bond acceptors (Lipinski definition) is 9. The fourth-order valence-electron chi connectivity index (χ4n) is 3.36. The van der Waals surface area contributed by atoms with Crippen molar-refractivity contribution in [3.8, 4) is 5.75 Å². The molecular formula is C24H35N5O9S. The summed E-state index contributed by atoms with van der Waals surface area (Å²) in [5, 5.41) is 35.1. The SMILES string of the molecule is CSCCC(NC(=O)C(N)CCC(N)=O)C(=O)NC(Cc1ccc(O)cc1)C(=O)NC(CCC(=O)O)C(=O)O. The van der Waals surface area contributed by atoms with E-state index >= 15 is 0 Å². The first-order chi connectivity index (χ1) is 18.3. The van der Waals surface area contributed by atoms with Crippen LogP contribution in [0.2, 0.25) is 0 Å². The molecular weight excluding hydrogens is 534 g/mol. The zero-order valence-corrected chi connectivity index (χ0v) is 22.2. The van der Waals surface area contributed by atoms with Gasteiger partial charge in [-0.15, -0.1) is 0 Å². The molecule has 4 amide bonds. The Morgan fingerprint density at radius 2 is 1.38 bits per heavy atom. The molecule has 0 heterocycles. The van der Waals surface area contributed by atoms with Gasteiger partial charge in [-0.25, -0.2) is 4.79 Å². The van der Waals surface area contributed by atoms with E-state index in [0.29, 0.717) is 11.3 Å². The van der Waals surface area contributed by atoms with Gasteiger partial charge in [-0.05, 0) is 49.0 Å². The third-order valence-corrected chi connectivity index (χ3v) is 6.20. The summed E-state index contributed by atoms with van der Waals surface area (Å²) in [4.78, 5) is 72.3. The summed E-state index contributed by atoms with van der Waals surface area (Å²) in [6, 6.07) is 0.693. The van der Waals surface area contributed by atoms with Crippen molar-refractivity contribution in [3.63, 3.8) is 0 Å². The van der Waals surface area contributed by atoms with Crippen LogP contribution in [0.1, 0.15) is 37.7 Å². The number of aliphatic carboxylic acids is 2. The van der Waals surface area contributed by atoms with Gasteiger partial charge in [0.15, 0.2) is 0 Å². The first kappa shape index (κ1) is 33.2. The molecule has 216 valence electrons. The van der Waals surface area contributed by atoms with Crippen LogP contribution >= 0.6 is 11.8 Å². The van der Waals surface area contributed by atoms with Crippen molar-refractivity contribution < 1.29 is 44.1 Å². The molecule has 4 unspecified atom stereocenters. The van der Waals surface area contributed by atoms with Gasteiger partial charge in [0.25, 0.3) is 0 Å². The second kappa shape index (κ2) is 16.9. The van der Waals surface area contributed by atoms with Gasteiger partial charge in [0.2, 0.25) is 23.6 Å². The smallest absolute Gasteiger partial charge is 0.326 e. The van der Waals surface area contributed by atoms with Crippen LogP contribution in [-0.4, -0.2) is 87.1 Å². The van der Waals surface area contributed by atoms with Crippen molar-refractivity contribution >= 4 is 47.3 Å². The van der Waals surface area contributed by atoms with E-state index < -0.39 is 66.2 Å². The lowest BCUT2D eigenvalue weighted by atomic mass is 10.0. The Bertz CT molecular complexity index is 1020. The van der Waals surface area contributed by atoms with Crippen molar-refractivity contribution in [3.05, 3.63) is 29.8 Å². The number of carbonyl (C=O) groups excluding carboxylic acids is 4. The standard InChI is InChI=1S/C24H35N5O9S/c1-39-11-10-16(27-21(34)15(25)6-8-19(26)31)22(35)29-18(12-13-2-4-14(30)5-3-13)23(36)28-17(24(37)38)7-9-20(32)33/h2-5,15-18,30H,6-12,25H2,1H3,(H2,26,31)(H,27,34)(H,28,36)(H,29,35)(H,32,33)(H,37,38). The van der Waals surface area contributed by atoms with E-state index in [2.05, 4.69) is 16.0 Å². The molecule has 0 saturated carbocycles. The number of phenolic OH excluding ortho intramolecular Hbond substituents is 1. The molecule has 15 heteroatoms. The average Bonchev–Trinajstić information content (AvgIpc) is 2.87. The van der Waals surface area contributed by atoms with Crippen molar-refractivity contribution in [2.75, 3.05) is 12.0 Å². The molecule has 39 heavy (non-hydrogen) atoms. The third-order valence-electron chi connectivity index (χ3n) is 5.55. The molecule has 1 rings (SSSR count). The van der Waals surface area contributed by atoms with E-state index in [-0.39, 0.29) is 37.9 Å². The molecule has 4 atom stereocenters. The summed E-state index contributed by atoms with van der Waals surface area (Å²) in [6.07, 6.45) is 0.806. The predicted molar refractivity (Wildman–Crippen MR) is 142 cm³/mol. The Balaban J connectivity index is 3.12. The second-order valence-corrected chi connectivity index (χ2v) is 9.70. The van der Waals surface area contributed by atoms with E-state index in [0.717, 1.165) is 0 Å². The maximum Gasteiger partial charge on any atom is 0.326 e. The van der Waals surface area contributed by atoms with Gasteiger partial charge < -0.3 is 42.7 Å². The molecule has 0 aliphatic carbocycles. The van der Waals surface area contributed by atoms with E-state index in [1.165, 1.54) is 36.0 Å². The molecule has 0 saturated heterocycles. The van der Waals surface area contributed by atoms with E-state index in [9.17, 15) is 39.0 Å². The van der Waals surface area contributed by atoms with Gasteiger partial charge in [-0.3, -0.25) is 24.0 Å². The van der Waals surface area contributed by atoms with E-state index in [4.69, 9.17) is 16.6 Å². The van der Waals surface area contributed by atoms with Crippen molar-refractivity contribution in [1.82, 2.24) is 16.0 Å². The van der Waals surface area contributed by atoms with Crippen molar-refractivity contribution in [2.45, 2.75) is 62.7 Å². The average molecular weight is 570 g/mol. The van der Waals surface area contributed by atoms with Gasteiger partial charge >= 0.3 is 11.9 Å². The van der Waals surface area contributed by atoms with Crippen LogP contribution in [0.5, 0.6) is 5.75 Å². The van der Waals surface area contributed by atoms with Gasteiger partial charge in [0.05, 0.1) is 6.04 Å². The van der Waals surface area contributed by atoms with Crippen LogP contribution in [0.25, 0.3) is 0 Å². The minimum Gasteiger partial charge on any atom is -0.508 e. The summed E-state index contributed by atoms with van der Waals surface area (Å²) in [6.45, 7) is 0. The first-order valence-electron chi connectivity index (χ1n) is 12.0. The molecule has 0 aliphatic rings. The van der Waals surface area contributed by atoms with Gasteiger partial charge in [-0.1, -0.05) is 12.1 Å². The highest BCUT2D eigenvalue weighted by molar-refractivity contribution is 7.98. The van der Waals surface area contributed by atoms with Crippen LogP contribution < -0.4 is 27.4 Å². The zero-order valence-electron chi connectivity index (χ0n) is 21.4. The minimum absolute atomic E-state index is 0.0309. The molecule has 1 aromatic carbocycles. The van der Waals surface area contributed by atoms with Crippen molar-refractivity contribution in [2.24, 2.45) is 11.5 Å². The number of carboxylic acid groups (broad SMARTS) is 2. The van der Waals surface area contributed by atoms with Crippen LogP contribution in [0, 0.1) is 0 Å². The molecule has 1 aromatic rings. The summed E-state index contributed by atoms with van der Waals surface area (Å²) in [5.74, 6) is -5.23. The second-order valence-electron chi connectivity index (χ2n) is 8.72. The highest BCUT2D eigenvalue weighted by Crippen LogP contribution is 2.13. The number of thioether (sulfide) groups is 1. The number of hydrogen-bond donors (Lipinski definition) is 8. The first-order valence-corrected chi connectivity index (χ1v) is 13.4. The lowest BCUT2D eigenvalue weighted by molar-refractivity contribution is -0.143. The molecule has 0 aliphatic heterocycles. The summed E-state index contributed by atoms with van der Waals surface area (Å²) < 4.78 is 0. The molecule has 0 radical (unpaired) electrons. The lowest BCUT2D eigenvalue weighted by Gasteiger charge is -2.25. The summed E-state index contributed by atoms with van der Waals surface area (Å²) in [5.41, 5.74) is 11.4. The number of carboxylic acids is 2. The molecule has 14 nitrogen and oxygen atoms in total. The third kappa shape index (κ3) is 13.0. The maximum atomic E-state index is 13.2. The topological polar surface area (TPSA) is 251 Å². The van der Waals surface area contributed by atoms with Crippen molar-refractivity contribution in [1.29, 1.82) is 0 Å². The van der Waals surface area contributed by atoms with Gasteiger partial charge in [-0.2, -0.15) is 11.8 Å². The van der Waals surface area contributed by atoms with E-state index in [1.807, 2.05) is 0 Å². The monoisotopic (exact) mass is 569 g/mol. The zero-order chi connectivity index (χ0) is 29.5. The fourth-order valence-corrected chi connectivity index (χ4v) is 3.83. The Hall–Kier alpha value is -3.85. The number of carbonyl (C=O) groups is 6. The number of benzene rings is 1. The summed E-state index contributed by atoms with van der Waals surface area (Å²) >= 11 is 1.41. The van der Waals surface area contributed by atoms with Crippen LogP contribution in [0.3, 0.4) is 0 Å². The largest absolute Gasteiger partial charge is 0.508 e. The lowest BCUT2D eigenvalue weighted by Crippen LogP contribution is -2.57.